The quantitative estimate of drug-likeness (QED) is 0.725. The summed E-state index contributed by atoms with van der Waals surface area (Å²) in [7, 11) is 1.47. The number of aromatic nitrogens is 2. The molecule has 14 heavy (non-hydrogen) atoms. The molecule has 2 rings (SSSR count). The molecule has 1 aromatic carbocycles. The van der Waals surface area contributed by atoms with Crippen LogP contribution in [0.5, 0.6) is 6.08 Å². The van der Waals surface area contributed by atoms with Crippen molar-refractivity contribution in [1.82, 2.24) is 10.2 Å². The number of nitrogens with two attached hydrogens (primary N) is 1. The highest BCUT2D eigenvalue weighted by Gasteiger charge is 2.07. The summed E-state index contributed by atoms with van der Waals surface area (Å²) in [6, 6.07) is 7.20. The van der Waals surface area contributed by atoms with Crippen molar-refractivity contribution in [2.75, 3.05) is 12.8 Å². The molecular formula is C9H9N3O2. The maximum atomic E-state index is 5.61. The SMILES string of the molecule is COc1nnc(-c2cccc(N)c2)o1. The minimum Gasteiger partial charge on any atom is -0.452 e. The molecule has 0 fully saturated rings. The zero-order valence-electron chi connectivity index (χ0n) is 7.60. The molecule has 1 aromatic heterocycles. The fourth-order valence-electron chi connectivity index (χ4n) is 1.08. The van der Waals surface area contributed by atoms with Gasteiger partial charge >= 0.3 is 6.08 Å². The van der Waals surface area contributed by atoms with E-state index >= 15 is 0 Å². The summed E-state index contributed by atoms with van der Waals surface area (Å²) < 4.78 is 9.95. The molecule has 0 atom stereocenters. The number of ether oxygens (including phenoxy) is 1. The Balaban J connectivity index is 2.39. The van der Waals surface area contributed by atoms with Crippen LogP contribution in [0.15, 0.2) is 28.7 Å². The number of nitrogen functional groups attached to an aromatic ring is 1. The first-order valence-corrected chi connectivity index (χ1v) is 4.03. The highest BCUT2D eigenvalue weighted by atomic mass is 16.6. The topological polar surface area (TPSA) is 74.2 Å². The van der Waals surface area contributed by atoms with Crippen molar-refractivity contribution in [2.45, 2.75) is 0 Å². The van der Waals surface area contributed by atoms with Gasteiger partial charge < -0.3 is 14.9 Å². The van der Waals surface area contributed by atoms with Gasteiger partial charge in [-0.15, -0.1) is 5.10 Å². The van der Waals surface area contributed by atoms with Crippen molar-refractivity contribution in [2.24, 2.45) is 0 Å². The fraction of sp³-hybridized carbons (Fsp3) is 0.111. The highest BCUT2D eigenvalue weighted by molar-refractivity contribution is 5.59. The number of rotatable bonds is 2. The molecule has 5 heteroatoms. The van der Waals surface area contributed by atoms with Crippen LogP contribution in [0.4, 0.5) is 5.69 Å². The predicted octanol–water partition coefficient (Wildman–Crippen LogP) is 1.33. The van der Waals surface area contributed by atoms with E-state index in [0.717, 1.165) is 5.56 Å². The molecule has 0 radical (unpaired) electrons. The number of benzene rings is 1. The van der Waals surface area contributed by atoms with E-state index in [2.05, 4.69) is 10.2 Å². The summed E-state index contributed by atoms with van der Waals surface area (Å²) in [6.07, 6.45) is 0.141. The van der Waals surface area contributed by atoms with Gasteiger partial charge in [0, 0.05) is 11.3 Å². The lowest BCUT2D eigenvalue weighted by atomic mass is 10.2. The molecule has 0 aliphatic heterocycles. The maximum Gasteiger partial charge on any atom is 0.414 e. The number of hydrogen-bond donors (Lipinski definition) is 1. The van der Waals surface area contributed by atoms with E-state index in [1.54, 1.807) is 12.1 Å². The van der Waals surface area contributed by atoms with Crippen LogP contribution >= 0.6 is 0 Å². The lowest BCUT2D eigenvalue weighted by molar-refractivity contribution is 0.293. The van der Waals surface area contributed by atoms with E-state index in [1.807, 2.05) is 12.1 Å². The summed E-state index contributed by atoms with van der Waals surface area (Å²) in [5, 5.41) is 7.46. The van der Waals surface area contributed by atoms with Gasteiger partial charge in [0.25, 0.3) is 5.89 Å². The zero-order chi connectivity index (χ0) is 9.97. The predicted molar refractivity (Wildman–Crippen MR) is 50.7 cm³/mol. The Kier molecular flexibility index (Phi) is 2.06. The van der Waals surface area contributed by atoms with E-state index in [4.69, 9.17) is 14.9 Å². The van der Waals surface area contributed by atoms with Gasteiger partial charge in [-0.25, -0.2) is 0 Å². The second kappa shape index (κ2) is 3.37. The molecule has 0 aliphatic rings. The van der Waals surface area contributed by atoms with Crippen molar-refractivity contribution in [3.63, 3.8) is 0 Å². The lowest BCUT2D eigenvalue weighted by Crippen LogP contribution is -1.84. The van der Waals surface area contributed by atoms with E-state index in [1.165, 1.54) is 7.11 Å². The summed E-state index contributed by atoms with van der Waals surface area (Å²) in [6.45, 7) is 0. The molecule has 0 unspecified atom stereocenters. The van der Waals surface area contributed by atoms with Crippen molar-refractivity contribution in [3.05, 3.63) is 24.3 Å². The summed E-state index contributed by atoms with van der Waals surface area (Å²) in [4.78, 5) is 0. The largest absolute Gasteiger partial charge is 0.452 e. The molecule has 5 nitrogen and oxygen atoms in total. The zero-order valence-corrected chi connectivity index (χ0v) is 7.60. The van der Waals surface area contributed by atoms with Crippen molar-refractivity contribution in [1.29, 1.82) is 0 Å². The molecule has 0 amide bonds. The van der Waals surface area contributed by atoms with Crippen molar-refractivity contribution >= 4 is 5.69 Å². The molecule has 72 valence electrons. The van der Waals surface area contributed by atoms with Gasteiger partial charge in [0.05, 0.1) is 7.11 Å². The first kappa shape index (κ1) is 8.55. The van der Waals surface area contributed by atoms with Crippen LogP contribution < -0.4 is 10.5 Å². The Morgan fingerprint density at radius 1 is 1.36 bits per heavy atom. The molecule has 0 aliphatic carbocycles. The van der Waals surface area contributed by atoms with E-state index < -0.39 is 0 Å². The van der Waals surface area contributed by atoms with Gasteiger partial charge in [-0.2, -0.15) is 0 Å². The lowest BCUT2D eigenvalue weighted by Gasteiger charge is -1.95. The summed E-state index contributed by atoms with van der Waals surface area (Å²) in [5.41, 5.74) is 7.05. The molecule has 1 heterocycles. The summed E-state index contributed by atoms with van der Waals surface area (Å²) in [5.74, 6) is 0.397. The number of anilines is 1. The summed E-state index contributed by atoms with van der Waals surface area (Å²) >= 11 is 0. The van der Waals surface area contributed by atoms with Crippen LogP contribution in [-0.4, -0.2) is 17.3 Å². The molecule has 0 saturated carbocycles. The van der Waals surface area contributed by atoms with Crippen LogP contribution in [0.1, 0.15) is 0 Å². The van der Waals surface area contributed by atoms with Gasteiger partial charge in [-0.3, -0.25) is 0 Å². The van der Waals surface area contributed by atoms with Crippen LogP contribution in [0.2, 0.25) is 0 Å². The van der Waals surface area contributed by atoms with Gasteiger partial charge in [-0.1, -0.05) is 11.2 Å². The number of nitrogens with zero attached hydrogens (tertiary/aromatic N) is 2. The fourth-order valence-corrected chi connectivity index (χ4v) is 1.08. The Morgan fingerprint density at radius 3 is 2.86 bits per heavy atom. The number of hydrogen-bond acceptors (Lipinski definition) is 5. The highest BCUT2D eigenvalue weighted by Crippen LogP contribution is 2.21. The molecule has 2 aromatic rings. The van der Waals surface area contributed by atoms with Crippen LogP contribution in [0, 0.1) is 0 Å². The first-order valence-electron chi connectivity index (χ1n) is 4.03. The standard InChI is InChI=1S/C9H9N3O2/c1-13-9-12-11-8(14-9)6-3-2-4-7(10)5-6/h2-5H,10H2,1H3. The molecule has 0 spiro atoms. The van der Waals surface area contributed by atoms with E-state index in [9.17, 15) is 0 Å². The van der Waals surface area contributed by atoms with E-state index in [0.29, 0.717) is 11.6 Å². The smallest absolute Gasteiger partial charge is 0.414 e. The van der Waals surface area contributed by atoms with Crippen molar-refractivity contribution < 1.29 is 9.15 Å². The third-order valence-electron chi connectivity index (χ3n) is 1.71. The Morgan fingerprint density at radius 2 is 2.21 bits per heavy atom. The Hall–Kier alpha value is -2.04. The molecule has 0 bridgehead atoms. The second-order valence-electron chi connectivity index (χ2n) is 2.70. The second-order valence-corrected chi connectivity index (χ2v) is 2.70. The average Bonchev–Trinajstić information content (AvgIpc) is 2.66. The first-order chi connectivity index (χ1) is 6.79. The molecule has 2 N–H and O–H groups in total. The van der Waals surface area contributed by atoms with Gasteiger partial charge in [0.2, 0.25) is 0 Å². The minimum absolute atomic E-state index is 0.141. The van der Waals surface area contributed by atoms with Crippen LogP contribution in [-0.2, 0) is 0 Å². The molecular weight excluding hydrogens is 182 g/mol. The van der Waals surface area contributed by atoms with Crippen LogP contribution in [0.3, 0.4) is 0 Å². The minimum atomic E-state index is 0.141. The van der Waals surface area contributed by atoms with E-state index in [-0.39, 0.29) is 6.08 Å². The normalized spacial score (nSPS) is 10.1. The van der Waals surface area contributed by atoms with Crippen molar-refractivity contribution in [3.8, 4) is 17.5 Å². The Bertz CT molecular complexity index is 439. The molecule has 0 saturated heterocycles. The average molecular weight is 191 g/mol. The monoisotopic (exact) mass is 191 g/mol. The maximum absolute atomic E-state index is 5.61. The number of methoxy groups -OCH3 is 1. The van der Waals surface area contributed by atoms with Crippen LogP contribution in [0.25, 0.3) is 11.5 Å². The van der Waals surface area contributed by atoms with Gasteiger partial charge in [-0.05, 0) is 18.2 Å². The van der Waals surface area contributed by atoms with Gasteiger partial charge in [0.15, 0.2) is 0 Å². The van der Waals surface area contributed by atoms with Gasteiger partial charge in [0.1, 0.15) is 0 Å². The third kappa shape index (κ3) is 1.52. The Labute approximate surface area is 80.5 Å². The third-order valence-corrected chi connectivity index (χ3v) is 1.71.